The van der Waals surface area contributed by atoms with E-state index < -0.39 is 24.2 Å². The first-order chi connectivity index (χ1) is 20.4. The van der Waals surface area contributed by atoms with Crippen LogP contribution in [0.3, 0.4) is 0 Å². The number of alkyl carbamates (subject to hydrolysis) is 1. The van der Waals surface area contributed by atoms with Crippen LogP contribution in [0.15, 0.2) is 89.9 Å². The number of amides is 3. The first kappa shape index (κ1) is 29.0. The fourth-order valence-electron chi connectivity index (χ4n) is 5.06. The van der Waals surface area contributed by atoms with Gasteiger partial charge in [-0.25, -0.2) is 4.79 Å². The molecular formula is C32H36N6O4. The van der Waals surface area contributed by atoms with Crippen molar-refractivity contribution < 1.29 is 19.1 Å². The lowest BCUT2D eigenvalue weighted by Crippen LogP contribution is -2.53. The average Bonchev–Trinajstić information content (AvgIpc) is 3.12. The highest BCUT2D eigenvalue weighted by Gasteiger charge is 2.38. The fraction of sp³-hybridized carbons (Fsp3) is 0.312. The minimum absolute atomic E-state index is 0.0469. The summed E-state index contributed by atoms with van der Waals surface area (Å²) in [5, 5.41) is 5.55. The minimum atomic E-state index is -1.28. The second-order valence-electron chi connectivity index (χ2n) is 10.5. The first-order valence-corrected chi connectivity index (χ1v) is 14.1. The number of benzene rings is 3. The van der Waals surface area contributed by atoms with Crippen LogP contribution in [0.4, 0.5) is 16.2 Å². The maximum atomic E-state index is 14.1. The van der Waals surface area contributed by atoms with Crippen LogP contribution in [0.1, 0.15) is 18.1 Å². The van der Waals surface area contributed by atoms with Crippen molar-refractivity contribution in [3.05, 3.63) is 96.1 Å². The van der Waals surface area contributed by atoms with Gasteiger partial charge in [0.25, 0.3) is 5.91 Å². The molecule has 42 heavy (non-hydrogen) atoms. The summed E-state index contributed by atoms with van der Waals surface area (Å²) in [6.45, 7) is 5.75. The van der Waals surface area contributed by atoms with Gasteiger partial charge in [0, 0.05) is 44.0 Å². The second-order valence-corrected chi connectivity index (χ2v) is 10.5. The van der Waals surface area contributed by atoms with Gasteiger partial charge >= 0.3 is 6.09 Å². The Bertz CT molecular complexity index is 1420. The van der Waals surface area contributed by atoms with E-state index in [4.69, 9.17) is 9.73 Å². The quantitative estimate of drug-likeness (QED) is 0.432. The zero-order valence-electron chi connectivity index (χ0n) is 23.9. The number of aliphatic imine (C=N–C) groups is 1. The minimum Gasteiger partial charge on any atom is -0.445 e. The number of piperazine rings is 1. The lowest BCUT2D eigenvalue weighted by Gasteiger charge is -2.33. The summed E-state index contributed by atoms with van der Waals surface area (Å²) >= 11 is 0. The van der Waals surface area contributed by atoms with Crippen molar-refractivity contribution in [3.63, 3.8) is 0 Å². The van der Waals surface area contributed by atoms with Gasteiger partial charge in [0.1, 0.15) is 12.6 Å². The zero-order chi connectivity index (χ0) is 29.5. The maximum Gasteiger partial charge on any atom is 0.409 e. The highest BCUT2D eigenvalue weighted by Crippen LogP contribution is 2.29. The topological polar surface area (TPSA) is 107 Å². The molecule has 0 aromatic heterocycles. The van der Waals surface area contributed by atoms with E-state index in [-0.39, 0.29) is 12.5 Å². The van der Waals surface area contributed by atoms with Crippen molar-refractivity contribution in [3.8, 4) is 0 Å². The largest absolute Gasteiger partial charge is 0.445 e. The predicted octanol–water partition coefficient (Wildman–Crippen LogP) is 3.35. The third kappa shape index (κ3) is 7.02. The Morgan fingerprint density at radius 3 is 2.29 bits per heavy atom. The predicted molar refractivity (Wildman–Crippen MR) is 162 cm³/mol. The molecule has 0 aliphatic carbocycles. The van der Waals surface area contributed by atoms with Gasteiger partial charge in [-0.05, 0) is 37.7 Å². The van der Waals surface area contributed by atoms with Gasteiger partial charge in [0.05, 0.1) is 11.4 Å². The summed E-state index contributed by atoms with van der Waals surface area (Å²) in [7, 11) is 2.09. The summed E-state index contributed by atoms with van der Waals surface area (Å²) in [6.07, 6.45) is -2.05. The van der Waals surface area contributed by atoms with Gasteiger partial charge < -0.3 is 15.0 Å². The molecule has 0 saturated carbocycles. The monoisotopic (exact) mass is 568 g/mol. The molecule has 2 aliphatic heterocycles. The molecule has 10 heteroatoms. The van der Waals surface area contributed by atoms with Gasteiger partial charge in [-0.15, -0.1) is 0 Å². The Kier molecular flexibility index (Phi) is 9.25. The van der Waals surface area contributed by atoms with E-state index in [0.717, 1.165) is 37.3 Å². The van der Waals surface area contributed by atoms with Crippen LogP contribution in [0, 0.1) is 0 Å². The molecule has 3 aromatic rings. The van der Waals surface area contributed by atoms with Crippen molar-refractivity contribution in [2.75, 3.05) is 50.0 Å². The fourth-order valence-corrected chi connectivity index (χ4v) is 5.06. The van der Waals surface area contributed by atoms with Crippen molar-refractivity contribution in [2.24, 2.45) is 4.99 Å². The Hall–Kier alpha value is -4.54. The number of nitrogens with zero attached hydrogens (tertiary/aromatic N) is 4. The number of hydrogen-bond donors (Lipinski definition) is 2. The molecule has 3 amide bonds. The third-order valence-electron chi connectivity index (χ3n) is 7.48. The van der Waals surface area contributed by atoms with E-state index in [9.17, 15) is 14.4 Å². The lowest BCUT2D eigenvalue weighted by atomic mass is 10.0. The molecule has 3 aromatic carbocycles. The first-order valence-electron chi connectivity index (χ1n) is 14.1. The molecule has 2 N–H and O–H groups in total. The Labute approximate surface area is 246 Å². The number of para-hydroxylation sites is 2. The van der Waals surface area contributed by atoms with Gasteiger partial charge in [0.2, 0.25) is 12.1 Å². The van der Waals surface area contributed by atoms with Crippen LogP contribution < -0.4 is 15.5 Å². The number of carbonyl (C=O) groups is 3. The number of hydrogen-bond acceptors (Lipinski definition) is 7. The van der Waals surface area contributed by atoms with Crippen molar-refractivity contribution in [1.82, 2.24) is 15.1 Å². The lowest BCUT2D eigenvalue weighted by molar-refractivity contribution is -0.124. The Morgan fingerprint density at radius 2 is 1.57 bits per heavy atom. The molecule has 1 fully saturated rings. The van der Waals surface area contributed by atoms with E-state index >= 15 is 0 Å². The van der Waals surface area contributed by atoms with E-state index in [1.807, 2.05) is 72.8 Å². The number of ether oxygens (including phenoxy) is 1. The number of carbonyl (C=O) groups excluding carboxylic acids is 3. The van der Waals surface area contributed by atoms with Crippen LogP contribution in [0.5, 0.6) is 0 Å². The molecule has 2 atom stereocenters. The van der Waals surface area contributed by atoms with Crippen molar-refractivity contribution in [1.29, 1.82) is 0 Å². The van der Waals surface area contributed by atoms with Gasteiger partial charge in [0.15, 0.2) is 0 Å². The maximum absolute atomic E-state index is 14.1. The number of anilines is 2. The van der Waals surface area contributed by atoms with E-state index in [1.54, 1.807) is 19.1 Å². The molecule has 0 bridgehead atoms. The molecule has 1 saturated heterocycles. The SMILES string of the molecule is CC(C(=O)Nc1ccccc1)N1C(=O)C(NC(=O)OCc2ccccc2)N=C(CN2CCN(C)CC2)c2ccccc21. The molecular weight excluding hydrogens is 532 g/mol. The number of benzodiazepines with no additional fused rings is 1. The summed E-state index contributed by atoms with van der Waals surface area (Å²) in [4.78, 5) is 51.3. The number of rotatable bonds is 8. The number of fused-ring (bicyclic) bond motifs is 1. The van der Waals surface area contributed by atoms with Crippen LogP contribution in [0.25, 0.3) is 0 Å². The van der Waals surface area contributed by atoms with Crippen molar-refractivity contribution >= 4 is 35.0 Å². The highest BCUT2D eigenvalue weighted by molar-refractivity contribution is 6.16. The number of nitrogens with one attached hydrogen (secondary N) is 2. The normalized spacial score (nSPS) is 18.3. The van der Waals surface area contributed by atoms with E-state index in [0.29, 0.717) is 23.6 Å². The van der Waals surface area contributed by atoms with Gasteiger partial charge in [-0.3, -0.25) is 29.7 Å². The molecule has 2 heterocycles. The molecule has 0 radical (unpaired) electrons. The summed E-state index contributed by atoms with van der Waals surface area (Å²) in [5.74, 6) is -0.888. The molecule has 10 nitrogen and oxygen atoms in total. The van der Waals surface area contributed by atoms with E-state index in [2.05, 4.69) is 27.5 Å². The Balaban J connectivity index is 1.44. The van der Waals surface area contributed by atoms with Crippen LogP contribution in [0.2, 0.25) is 0 Å². The van der Waals surface area contributed by atoms with Gasteiger partial charge in [-0.1, -0.05) is 66.7 Å². The molecule has 218 valence electrons. The van der Waals surface area contributed by atoms with Crippen LogP contribution in [-0.4, -0.2) is 85.4 Å². The summed E-state index contributed by atoms with van der Waals surface area (Å²) in [5.41, 5.74) is 3.41. The zero-order valence-corrected chi connectivity index (χ0v) is 23.9. The third-order valence-corrected chi connectivity index (χ3v) is 7.48. The summed E-state index contributed by atoms with van der Waals surface area (Å²) in [6, 6.07) is 24.9. The van der Waals surface area contributed by atoms with Crippen LogP contribution >= 0.6 is 0 Å². The molecule has 2 aliphatic rings. The van der Waals surface area contributed by atoms with Crippen molar-refractivity contribution in [2.45, 2.75) is 25.7 Å². The smallest absolute Gasteiger partial charge is 0.409 e. The average molecular weight is 569 g/mol. The van der Waals surface area contributed by atoms with Crippen LogP contribution in [-0.2, 0) is 20.9 Å². The second kappa shape index (κ2) is 13.4. The number of likely N-dealkylation sites (N-methyl/N-ethyl adjacent to an activating group) is 1. The van der Waals surface area contributed by atoms with E-state index in [1.165, 1.54) is 4.90 Å². The summed E-state index contributed by atoms with van der Waals surface area (Å²) < 4.78 is 5.43. The molecule has 5 rings (SSSR count). The standard InChI is InChI=1S/C32H36N6O4/c1-23(30(39)33-25-13-7-4-8-14-25)38-28-16-10-9-15-26(28)27(21-37-19-17-36(2)18-20-37)34-29(31(38)40)35-32(41)42-22-24-11-5-3-6-12-24/h3-16,23,29H,17-22H2,1-2H3,(H,33,39)(H,35,41). The molecule has 2 unspecified atom stereocenters. The molecule has 0 spiro atoms. The van der Waals surface area contributed by atoms with Gasteiger partial charge in [-0.2, -0.15) is 0 Å². The highest BCUT2D eigenvalue weighted by atomic mass is 16.5. The Morgan fingerprint density at radius 1 is 0.929 bits per heavy atom.